The van der Waals surface area contributed by atoms with Crippen molar-refractivity contribution in [1.82, 2.24) is 9.88 Å². The van der Waals surface area contributed by atoms with E-state index in [9.17, 15) is 4.79 Å². The number of nitrogens with two attached hydrogens (primary N) is 1. The first kappa shape index (κ1) is 14.7. The Morgan fingerprint density at radius 2 is 1.77 bits per heavy atom. The number of carbonyl (C=O) groups excluding carboxylic acids is 1. The summed E-state index contributed by atoms with van der Waals surface area (Å²) in [5, 5.41) is 0.726. The minimum absolute atomic E-state index is 0.0543. The van der Waals surface area contributed by atoms with Crippen molar-refractivity contribution in [2.45, 2.75) is 0 Å². The maximum absolute atomic E-state index is 12.5. The summed E-state index contributed by atoms with van der Waals surface area (Å²) < 4.78 is 0. The van der Waals surface area contributed by atoms with Gasteiger partial charge in [0.05, 0.1) is 5.56 Å². The smallest absolute Gasteiger partial charge is 0.257 e. The number of hydrogen-bond donors (Lipinski definition) is 1. The van der Waals surface area contributed by atoms with Crippen LogP contribution in [0.15, 0.2) is 42.7 Å². The molecule has 1 aromatic carbocycles. The van der Waals surface area contributed by atoms with Crippen LogP contribution >= 0.6 is 11.6 Å². The largest absolute Gasteiger partial charge is 0.398 e. The molecule has 1 aromatic heterocycles. The van der Waals surface area contributed by atoms with Crippen LogP contribution in [0.3, 0.4) is 0 Å². The Labute approximate surface area is 134 Å². The molecule has 1 saturated heterocycles. The molecule has 0 radical (unpaired) electrons. The fourth-order valence-electron chi connectivity index (χ4n) is 2.57. The molecule has 3 rings (SSSR count). The zero-order valence-corrected chi connectivity index (χ0v) is 12.8. The lowest BCUT2D eigenvalue weighted by Gasteiger charge is -2.36. The fourth-order valence-corrected chi connectivity index (χ4v) is 2.70. The molecule has 1 fully saturated rings. The molecular formula is C16H17ClN4O. The van der Waals surface area contributed by atoms with Gasteiger partial charge < -0.3 is 15.5 Å². The SMILES string of the molecule is Nc1ccncc1C(=O)N1CCN(c2ccc(Cl)cc2)CC1. The standard InChI is InChI=1S/C16H17ClN4O/c17-12-1-3-13(4-2-12)20-7-9-21(10-8-20)16(22)14-11-19-6-5-15(14)18/h1-6,11H,7-10H2,(H2,18,19). The minimum atomic E-state index is -0.0543. The molecule has 0 spiro atoms. The second kappa shape index (κ2) is 6.23. The normalized spacial score (nSPS) is 15.0. The summed E-state index contributed by atoms with van der Waals surface area (Å²) in [6, 6.07) is 9.41. The maximum atomic E-state index is 12.5. The number of halogens is 1. The molecular weight excluding hydrogens is 300 g/mol. The first-order chi connectivity index (χ1) is 10.6. The van der Waals surface area contributed by atoms with Crippen LogP contribution in [0, 0.1) is 0 Å². The van der Waals surface area contributed by atoms with Crippen LogP contribution in [-0.2, 0) is 0 Å². The molecule has 0 saturated carbocycles. The summed E-state index contributed by atoms with van der Waals surface area (Å²) in [6.45, 7) is 2.90. The van der Waals surface area contributed by atoms with Crippen molar-refractivity contribution in [2.75, 3.05) is 36.8 Å². The third-order valence-electron chi connectivity index (χ3n) is 3.84. The van der Waals surface area contributed by atoms with E-state index in [1.54, 1.807) is 12.3 Å². The molecule has 0 aliphatic carbocycles. The number of carbonyl (C=O) groups is 1. The Morgan fingerprint density at radius 1 is 1.09 bits per heavy atom. The van der Waals surface area contributed by atoms with Crippen molar-refractivity contribution in [1.29, 1.82) is 0 Å². The van der Waals surface area contributed by atoms with Gasteiger partial charge in [-0.3, -0.25) is 9.78 Å². The molecule has 6 heteroatoms. The number of rotatable bonds is 2. The average Bonchev–Trinajstić information content (AvgIpc) is 2.56. The summed E-state index contributed by atoms with van der Waals surface area (Å²) in [5.74, 6) is -0.0543. The van der Waals surface area contributed by atoms with Crippen LogP contribution < -0.4 is 10.6 Å². The van der Waals surface area contributed by atoms with Gasteiger partial charge in [0.15, 0.2) is 0 Å². The first-order valence-electron chi connectivity index (χ1n) is 7.14. The molecule has 5 nitrogen and oxygen atoms in total. The number of piperazine rings is 1. The minimum Gasteiger partial charge on any atom is -0.398 e. The molecule has 22 heavy (non-hydrogen) atoms. The molecule has 114 valence electrons. The van der Waals surface area contributed by atoms with Crippen molar-refractivity contribution in [3.05, 3.63) is 53.3 Å². The van der Waals surface area contributed by atoms with E-state index in [1.165, 1.54) is 6.20 Å². The van der Waals surface area contributed by atoms with E-state index in [-0.39, 0.29) is 5.91 Å². The summed E-state index contributed by atoms with van der Waals surface area (Å²) in [6.07, 6.45) is 3.12. The monoisotopic (exact) mass is 316 g/mol. The third-order valence-corrected chi connectivity index (χ3v) is 4.10. The Kier molecular flexibility index (Phi) is 4.15. The number of amides is 1. The predicted molar refractivity (Wildman–Crippen MR) is 88.2 cm³/mol. The number of pyridine rings is 1. The van der Waals surface area contributed by atoms with E-state index in [4.69, 9.17) is 17.3 Å². The molecule has 2 heterocycles. The highest BCUT2D eigenvalue weighted by Gasteiger charge is 2.23. The van der Waals surface area contributed by atoms with Gasteiger partial charge >= 0.3 is 0 Å². The number of nitrogen functional groups attached to an aromatic ring is 1. The quantitative estimate of drug-likeness (QED) is 0.923. The summed E-state index contributed by atoms with van der Waals surface area (Å²) in [4.78, 5) is 20.5. The summed E-state index contributed by atoms with van der Waals surface area (Å²) in [7, 11) is 0. The number of hydrogen-bond acceptors (Lipinski definition) is 4. The zero-order chi connectivity index (χ0) is 15.5. The lowest BCUT2D eigenvalue weighted by Crippen LogP contribution is -2.48. The van der Waals surface area contributed by atoms with E-state index < -0.39 is 0 Å². The highest BCUT2D eigenvalue weighted by molar-refractivity contribution is 6.30. The lowest BCUT2D eigenvalue weighted by molar-refractivity contribution is 0.0747. The van der Waals surface area contributed by atoms with E-state index in [1.807, 2.05) is 29.2 Å². The highest BCUT2D eigenvalue weighted by atomic mass is 35.5. The van der Waals surface area contributed by atoms with Crippen LogP contribution in [0.5, 0.6) is 0 Å². The van der Waals surface area contributed by atoms with E-state index in [2.05, 4.69) is 9.88 Å². The third kappa shape index (κ3) is 2.99. The maximum Gasteiger partial charge on any atom is 0.257 e. The van der Waals surface area contributed by atoms with Crippen molar-refractivity contribution in [2.24, 2.45) is 0 Å². The van der Waals surface area contributed by atoms with Crippen molar-refractivity contribution in [3.8, 4) is 0 Å². The summed E-state index contributed by atoms with van der Waals surface area (Å²) in [5.41, 5.74) is 7.92. The van der Waals surface area contributed by atoms with E-state index in [0.29, 0.717) is 24.3 Å². The first-order valence-corrected chi connectivity index (χ1v) is 7.52. The predicted octanol–water partition coefficient (Wildman–Crippen LogP) is 2.28. The number of aromatic nitrogens is 1. The van der Waals surface area contributed by atoms with Gasteiger partial charge in [-0.15, -0.1) is 0 Å². The molecule has 0 unspecified atom stereocenters. The molecule has 2 N–H and O–H groups in total. The Balaban J connectivity index is 1.65. The number of benzene rings is 1. The van der Waals surface area contributed by atoms with Crippen LogP contribution in [0.2, 0.25) is 5.02 Å². The van der Waals surface area contributed by atoms with Gasteiger partial charge in [-0.05, 0) is 30.3 Å². The molecule has 0 bridgehead atoms. The van der Waals surface area contributed by atoms with Gasteiger partial charge in [0.25, 0.3) is 5.91 Å². The molecule has 2 aromatic rings. The molecule has 1 amide bonds. The number of anilines is 2. The van der Waals surface area contributed by atoms with Gasteiger partial charge in [-0.25, -0.2) is 0 Å². The van der Waals surface area contributed by atoms with Crippen LogP contribution in [0.4, 0.5) is 11.4 Å². The van der Waals surface area contributed by atoms with Crippen LogP contribution in [-0.4, -0.2) is 42.0 Å². The van der Waals surface area contributed by atoms with E-state index in [0.717, 1.165) is 23.8 Å². The van der Waals surface area contributed by atoms with Crippen molar-refractivity contribution in [3.63, 3.8) is 0 Å². The van der Waals surface area contributed by atoms with Gasteiger partial charge in [0, 0.05) is 55.0 Å². The Bertz CT molecular complexity index is 666. The van der Waals surface area contributed by atoms with Crippen LogP contribution in [0.1, 0.15) is 10.4 Å². The van der Waals surface area contributed by atoms with Crippen molar-refractivity contribution < 1.29 is 4.79 Å². The topological polar surface area (TPSA) is 62.5 Å². The second-order valence-corrected chi connectivity index (χ2v) is 5.66. The Hall–Kier alpha value is -2.27. The molecule has 1 aliphatic rings. The lowest BCUT2D eigenvalue weighted by atomic mass is 10.2. The Morgan fingerprint density at radius 3 is 2.41 bits per heavy atom. The average molecular weight is 317 g/mol. The van der Waals surface area contributed by atoms with E-state index >= 15 is 0 Å². The summed E-state index contributed by atoms with van der Waals surface area (Å²) >= 11 is 5.91. The molecule has 0 atom stereocenters. The highest BCUT2D eigenvalue weighted by Crippen LogP contribution is 2.20. The van der Waals surface area contributed by atoms with Gasteiger partial charge in [-0.2, -0.15) is 0 Å². The fraction of sp³-hybridized carbons (Fsp3) is 0.250. The molecule has 1 aliphatic heterocycles. The van der Waals surface area contributed by atoms with Gasteiger partial charge in [-0.1, -0.05) is 11.6 Å². The van der Waals surface area contributed by atoms with Crippen LogP contribution in [0.25, 0.3) is 0 Å². The second-order valence-electron chi connectivity index (χ2n) is 5.22. The van der Waals surface area contributed by atoms with Gasteiger partial charge in [0.2, 0.25) is 0 Å². The number of nitrogens with zero attached hydrogens (tertiary/aromatic N) is 3. The van der Waals surface area contributed by atoms with Crippen molar-refractivity contribution >= 4 is 28.9 Å². The zero-order valence-electron chi connectivity index (χ0n) is 12.1. The van der Waals surface area contributed by atoms with Gasteiger partial charge in [0.1, 0.15) is 0 Å².